The van der Waals surface area contributed by atoms with Crippen LogP contribution in [0, 0.1) is 13.8 Å². The van der Waals surface area contributed by atoms with Crippen LogP contribution >= 0.6 is 11.3 Å². The summed E-state index contributed by atoms with van der Waals surface area (Å²) >= 11 is 1.61. The van der Waals surface area contributed by atoms with Gasteiger partial charge in [-0.25, -0.2) is 0 Å². The van der Waals surface area contributed by atoms with Crippen LogP contribution in [0.5, 0.6) is 0 Å². The molecule has 0 bridgehead atoms. The molecule has 0 spiro atoms. The molecule has 3 rings (SSSR count). The molecule has 27 heavy (non-hydrogen) atoms. The number of aryl methyl sites for hydroxylation is 1. The zero-order valence-electron chi connectivity index (χ0n) is 15.8. The van der Waals surface area contributed by atoms with Crippen LogP contribution in [0.2, 0.25) is 0 Å². The molecule has 0 unspecified atom stereocenters. The van der Waals surface area contributed by atoms with Gasteiger partial charge in [-0.2, -0.15) is 0 Å². The van der Waals surface area contributed by atoms with Gasteiger partial charge in [0, 0.05) is 42.8 Å². The van der Waals surface area contributed by atoms with Crippen molar-refractivity contribution in [2.75, 3.05) is 38.0 Å². The molecule has 142 valence electrons. The number of carbonyl (C=O) groups excluding carboxylic acids is 2. The number of anilines is 1. The van der Waals surface area contributed by atoms with Crippen molar-refractivity contribution in [2.24, 2.45) is 0 Å². The number of thiophene rings is 1. The number of hydrogen-bond donors (Lipinski definition) is 1. The Kier molecular flexibility index (Phi) is 6.42. The average Bonchev–Trinajstić information content (AvgIpc) is 3.18. The molecule has 0 radical (unpaired) electrons. The number of rotatable bonds is 5. The van der Waals surface area contributed by atoms with Crippen LogP contribution in [0.25, 0.3) is 6.08 Å². The van der Waals surface area contributed by atoms with Crippen molar-refractivity contribution in [1.82, 2.24) is 9.80 Å². The van der Waals surface area contributed by atoms with E-state index in [0.29, 0.717) is 32.7 Å². The van der Waals surface area contributed by atoms with Crippen LogP contribution in [-0.4, -0.2) is 54.3 Å². The minimum Gasteiger partial charge on any atom is -0.337 e. The largest absolute Gasteiger partial charge is 0.337 e. The average molecular weight is 384 g/mol. The van der Waals surface area contributed by atoms with E-state index in [4.69, 9.17) is 0 Å². The van der Waals surface area contributed by atoms with Gasteiger partial charge in [-0.15, -0.1) is 11.3 Å². The van der Waals surface area contributed by atoms with Crippen LogP contribution in [0.15, 0.2) is 41.8 Å². The van der Waals surface area contributed by atoms with E-state index in [1.54, 1.807) is 17.4 Å². The summed E-state index contributed by atoms with van der Waals surface area (Å²) in [5.74, 6) is 0.0176. The molecule has 2 amide bonds. The van der Waals surface area contributed by atoms with Gasteiger partial charge in [0.1, 0.15) is 0 Å². The third-order valence-electron chi connectivity index (χ3n) is 4.86. The molecule has 1 fully saturated rings. The van der Waals surface area contributed by atoms with Crippen molar-refractivity contribution in [3.63, 3.8) is 0 Å². The molecule has 0 atom stereocenters. The highest BCUT2D eigenvalue weighted by atomic mass is 32.1. The van der Waals surface area contributed by atoms with Crippen molar-refractivity contribution in [2.45, 2.75) is 13.8 Å². The Balaban J connectivity index is 1.45. The molecule has 0 saturated carbocycles. The van der Waals surface area contributed by atoms with E-state index < -0.39 is 0 Å². The summed E-state index contributed by atoms with van der Waals surface area (Å²) in [6.45, 7) is 7.10. The summed E-state index contributed by atoms with van der Waals surface area (Å²) in [7, 11) is 0. The van der Waals surface area contributed by atoms with Gasteiger partial charge in [-0.05, 0) is 48.6 Å². The van der Waals surface area contributed by atoms with E-state index in [1.165, 1.54) is 0 Å². The lowest BCUT2D eigenvalue weighted by Crippen LogP contribution is -2.50. The van der Waals surface area contributed by atoms with Crippen molar-refractivity contribution >= 4 is 34.9 Å². The van der Waals surface area contributed by atoms with Crippen LogP contribution in [0.1, 0.15) is 16.0 Å². The van der Waals surface area contributed by atoms with Gasteiger partial charge < -0.3 is 10.2 Å². The molecule has 5 nitrogen and oxygen atoms in total. The Labute approximate surface area is 164 Å². The van der Waals surface area contributed by atoms with Gasteiger partial charge in [0.05, 0.1) is 6.54 Å². The third kappa shape index (κ3) is 5.28. The molecule has 1 aromatic carbocycles. The summed E-state index contributed by atoms with van der Waals surface area (Å²) in [6, 6.07) is 9.87. The molecule has 1 N–H and O–H groups in total. The molecular weight excluding hydrogens is 358 g/mol. The maximum absolute atomic E-state index is 12.4. The molecule has 2 heterocycles. The van der Waals surface area contributed by atoms with E-state index in [2.05, 4.69) is 10.2 Å². The van der Waals surface area contributed by atoms with Crippen molar-refractivity contribution in [1.29, 1.82) is 0 Å². The first-order valence-electron chi connectivity index (χ1n) is 9.12. The van der Waals surface area contributed by atoms with Gasteiger partial charge in [-0.1, -0.05) is 18.2 Å². The second-order valence-electron chi connectivity index (χ2n) is 6.75. The fourth-order valence-corrected chi connectivity index (χ4v) is 3.67. The highest BCUT2D eigenvalue weighted by molar-refractivity contribution is 7.10. The SMILES string of the molecule is Cc1cccc(NC(=O)CN2CCN(C(=O)/C=C/c3cccs3)CC2)c1C. The van der Waals surface area contributed by atoms with E-state index in [-0.39, 0.29) is 11.8 Å². The quantitative estimate of drug-likeness (QED) is 0.807. The summed E-state index contributed by atoms with van der Waals surface area (Å²) in [6.07, 6.45) is 3.49. The molecule has 1 aromatic heterocycles. The number of hydrogen-bond acceptors (Lipinski definition) is 4. The van der Waals surface area contributed by atoms with Crippen molar-refractivity contribution in [3.05, 3.63) is 57.8 Å². The van der Waals surface area contributed by atoms with Gasteiger partial charge in [0.25, 0.3) is 0 Å². The third-order valence-corrected chi connectivity index (χ3v) is 5.70. The molecule has 1 saturated heterocycles. The Morgan fingerprint density at radius 1 is 1.11 bits per heavy atom. The van der Waals surface area contributed by atoms with Gasteiger partial charge in [0.15, 0.2) is 0 Å². The number of nitrogens with one attached hydrogen (secondary N) is 1. The summed E-state index contributed by atoms with van der Waals surface area (Å²) in [5.41, 5.74) is 3.13. The molecule has 1 aliphatic heterocycles. The van der Waals surface area contributed by atoms with E-state index in [0.717, 1.165) is 21.7 Å². The topological polar surface area (TPSA) is 52.7 Å². The van der Waals surface area contributed by atoms with Crippen molar-refractivity contribution in [3.8, 4) is 0 Å². The van der Waals surface area contributed by atoms with Gasteiger partial charge >= 0.3 is 0 Å². The standard InChI is InChI=1S/C21H25N3O2S/c1-16-5-3-7-19(17(16)2)22-20(25)15-23-10-12-24(13-11-23)21(26)9-8-18-6-4-14-27-18/h3-9,14H,10-13,15H2,1-2H3,(H,22,25)/b9-8+. The number of amides is 2. The number of carbonyl (C=O) groups is 2. The lowest BCUT2D eigenvalue weighted by molar-refractivity contribution is -0.127. The predicted molar refractivity (Wildman–Crippen MR) is 111 cm³/mol. The Morgan fingerprint density at radius 2 is 1.89 bits per heavy atom. The summed E-state index contributed by atoms with van der Waals surface area (Å²) in [5, 5.41) is 4.99. The van der Waals surface area contributed by atoms with Crippen molar-refractivity contribution < 1.29 is 9.59 Å². The lowest BCUT2D eigenvalue weighted by atomic mass is 10.1. The normalized spacial score (nSPS) is 15.3. The van der Waals surface area contributed by atoms with E-state index in [1.807, 2.05) is 60.5 Å². The second kappa shape index (κ2) is 8.97. The second-order valence-corrected chi connectivity index (χ2v) is 7.73. The van der Waals surface area contributed by atoms with Crippen LogP contribution in [0.3, 0.4) is 0 Å². The molecule has 6 heteroatoms. The zero-order chi connectivity index (χ0) is 19.2. The Bertz CT molecular complexity index is 822. The fraction of sp³-hybridized carbons (Fsp3) is 0.333. The Hall–Kier alpha value is -2.44. The first kappa shape index (κ1) is 19.3. The van der Waals surface area contributed by atoms with E-state index >= 15 is 0 Å². The zero-order valence-corrected chi connectivity index (χ0v) is 16.6. The molecular formula is C21H25N3O2S. The molecule has 0 aliphatic carbocycles. The number of nitrogens with zero attached hydrogens (tertiary/aromatic N) is 2. The first-order valence-corrected chi connectivity index (χ1v) is 10.00. The maximum Gasteiger partial charge on any atom is 0.246 e. The first-order chi connectivity index (χ1) is 13.0. The highest BCUT2D eigenvalue weighted by Crippen LogP contribution is 2.18. The van der Waals surface area contributed by atoms with Gasteiger partial charge in [-0.3, -0.25) is 14.5 Å². The summed E-state index contributed by atoms with van der Waals surface area (Å²) < 4.78 is 0. The lowest BCUT2D eigenvalue weighted by Gasteiger charge is -2.33. The summed E-state index contributed by atoms with van der Waals surface area (Å²) in [4.78, 5) is 29.6. The minimum atomic E-state index is -0.0129. The monoisotopic (exact) mass is 383 g/mol. The minimum absolute atomic E-state index is 0.0129. The maximum atomic E-state index is 12.4. The molecule has 1 aliphatic rings. The van der Waals surface area contributed by atoms with E-state index in [9.17, 15) is 9.59 Å². The smallest absolute Gasteiger partial charge is 0.246 e. The number of piperazine rings is 1. The number of benzene rings is 1. The van der Waals surface area contributed by atoms with Crippen LogP contribution in [0.4, 0.5) is 5.69 Å². The fourth-order valence-electron chi connectivity index (χ4n) is 3.05. The van der Waals surface area contributed by atoms with Crippen LogP contribution < -0.4 is 5.32 Å². The molecule has 2 aromatic rings. The predicted octanol–water partition coefficient (Wildman–Crippen LogP) is 3.16. The Morgan fingerprint density at radius 3 is 2.59 bits per heavy atom. The van der Waals surface area contributed by atoms with Crippen LogP contribution in [-0.2, 0) is 9.59 Å². The highest BCUT2D eigenvalue weighted by Gasteiger charge is 2.21. The van der Waals surface area contributed by atoms with Gasteiger partial charge in [0.2, 0.25) is 11.8 Å².